The SMILES string of the molecule is c1ccc(-c2cc(-c3ccccc3)cc(-c3c4cc(-n5c(-c6ccccc6)ccc5-c5ccccc5)ccc4c(-c4cccc5ccccc45)c4cc(-n5c(-c6ccccc6)ccc5-c5ccccc5)ccc34)c2)cc1. The molecule has 0 aliphatic rings. The minimum absolute atomic E-state index is 1.09. The Kier molecular flexibility index (Phi) is 11.2. The second kappa shape index (κ2) is 19.1. The maximum atomic E-state index is 2.47. The van der Waals surface area contributed by atoms with Crippen LogP contribution in [0.4, 0.5) is 0 Å². The molecule has 356 valence electrons. The molecule has 0 saturated carbocycles. The average Bonchev–Trinajstić information content (AvgIpc) is 4.25. The molecular formula is C74H50N2. The Hall–Kier alpha value is -10.0. The van der Waals surface area contributed by atoms with Crippen LogP contribution in [-0.4, -0.2) is 9.13 Å². The third-order valence-corrected chi connectivity index (χ3v) is 15.1. The Labute approximate surface area is 443 Å². The van der Waals surface area contributed by atoms with Crippen LogP contribution in [0, 0.1) is 0 Å². The maximum absolute atomic E-state index is 2.47. The van der Waals surface area contributed by atoms with Crippen LogP contribution in [0.3, 0.4) is 0 Å². The van der Waals surface area contributed by atoms with Crippen LogP contribution in [0.1, 0.15) is 0 Å². The summed E-state index contributed by atoms with van der Waals surface area (Å²) >= 11 is 0. The summed E-state index contributed by atoms with van der Waals surface area (Å²) in [5, 5.41) is 7.13. The molecule has 14 aromatic rings. The van der Waals surface area contributed by atoms with Gasteiger partial charge in [0.1, 0.15) is 0 Å². The van der Waals surface area contributed by atoms with Gasteiger partial charge in [-0.15, -0.1) is 0 Å². The summed E-state index contributed by atoms with van der Waals surface area (Å²) in [7, 11) is 0. The van der Waals surface area contributed by atoms with Crippen molar-refractivity contribution < 1.29 is 0 Å². The molecule has 0 spiro atoms. The summed E-state index contributed by atoms with van der Waals surface area (Å²) < 4.78 is 4.91. The molecular weight excluding hydrogens is 917 g/mol. The van der Waals surface area contributed by atoms with Gasteiger partial charge in [0.25, 0.3) is 0 Å². The molecule has 0 radical (unpaired) electrons. The van der Waals surface area contributed by atoms with Gasteiger partial charge in [-0.3, -0.25) is 0 Å². The van der Waals surface area contributed by atoms with Crippen molar-refractivity contribution in [3.63, 3.8) is 0 Å². The Bertz CT molecular complexity index is 4220. The van der Waals surface area contributed by atoms with E-state index in [1.54, 1.807) is 0 Å². The molecule has 2 heteroatoms. The molecule has 12 aromatic carbocycles. The van der Waals surface area contributed by atoms with Gasteiger partial charge < -0.3 is 9.13 Å². The van der Waals surface area contributed by atoms with Crippen LogP contribution < -0.4 is 0 Å². The molecule has 0 amide bonds. The maximum Gasteiger partial charge on any atom is 0.0535 e. The summed E-state index contributed by atoms with van der Waals surface area (Å²) in [5.74, 6) is 0. The number of benzene rings is 12. The Morgan fingerprint density at radius 3 is 0.961 bits per heavy atom. The van der Waals surface area contributed by atoms with Crippen LogP contribution in [0.2, 0.25) is 0 Å². The highest BCUT2D eigenvalue weighted by Crippen LogP contribution is 2.49. The van der Waals surface area contributed by atoms with Crippen LogP contribution in [0.15, 0.2) is 303 Å². The van der Waals surface area contributed by atoms with Gasteiger partial charge in [-0.1, -0.05) is 237 Å². The summed E-state index contributed by atoms with van der Waals surface area (Å²) in [6.45, 7) is 0. The quantitative estimate of drug-likeness (QED) is 0.121. The average molecular weight is 967 g/mol. The standard InChI is InChI=1S/C74H50N2/c1-7-22-51(23-8-1)58-46-59(52-24-9-2-10-25-52)48-60(47-58)73-65-40-38-62(76-71(56-31-15-5-16-32-56)44-45-72(76)57-33-17-6-18-34-57)50-68(65)74(64-37-21-35-53-26-19-20-36-63(53)64)66-41-39-61(49-67(66)73)75-69(54-27-11-3-12-28-54)42-43-70(75)55-29-13-4-14-30-55/h1-50H. The Morgan fingerprint density at radius 1 is 0.184 bits per heavy atom. The van der Waals surface area contributed by atoms with Crippen LogP contribution >= 0.6 is 0 Å². The molecule has 0 unspecified atom stereocenters. The first-order valence-electron chi connectivity index (χ1n) is 26.2. The molecule has 0 aliphatic heterocycles. The normalized spacial score (nSPS) is 11.4. The highest BCUT2D eigenvalue weighted by atomic mass is 15.0. The van der Waals surface area contributed by atoms with E-state index in [0.29, 0.717) is 0 Å². The monoisotopic (exact) mass is 966 g/mol. The molecule has 0 bridgehead atoms. The predicted molar refractivity (Wildman–Crippen MR) is 321 cm³/mol. The van der Waals surface area contributed by atoms with Gasteiger partial charge in [0.2, 0.25) is 0 Å². The first-order chi connectivity index (χ1) is 37.7. The Balaban J connectivity index is 1.15. The number of nitrogens with zero attached hydrogens (tertiary/aromatic N) is 2. The van der Waals surface area contributed by atoms with Gasteiger partial charge in [-0.2, -0.15) is 0 Å². The predicted octanol–water partition coefficient (Wildman–Crippen LogP) is 20.1. The van der Waals surface area contributed by atoms with E-state index in [-0.39, 0.29) is 0 Å². The highest BCUT2D eigenvalue weighted by Gasteiger charge is 2.24. The third-order valence-electron chi connectivity index (χ3n) is 15.1. The van der Waals surface area contributed by atoms with E-state index in [4.69, 9.17) is 0 Å². The van der Waals surface area contributed by atoms with E-state index in [0.717, 1.165) is 62.0 Å². The zero-order chi connectivity index (χ0) is 50.4. The van der Waals surface area contributed by atoms with Gasteiger partial charge in [0.05, 0.1) is 22.8 Å². The molecule has 76 heavy (non-hydrogen) atoms. The van der Waals surface area contributed by atoms with Gasteiger partial charge in [0.15, 0.2) is 0 Å². The molecule has 2 heterocycles. The number of rotatable bonds is 10. The number of aromatic nitrogens is 2. The Morgan fingerprint density at radius 2 is 0.526 bits per heavy atom. The number of hydrogen-bond donors (Lipinski definition) is 0. The molecule has 0 atom stereocenters. The summed E-state index contributed by atoms with van der Waals surface area (Å²) in [6.07, 6.45) is 0. The lowest BCUT2D eigenvalue weighted by Crippen LogP contribution is -2.02. The molecule has 2 aromatic heterocycles. The van der Waals surface area contributed by atoms with Crippen molar-refractivity contribution in [2.75, 3.05) is 0 Å². The smallest absolute Gasteiger partial charge is 0.0535 e. The summed E-state index contributed by atoms with van der Waals surface area (Å²) in [5.41, 5.74) is 20.8. The first-order valence-corrected chi connectivity index (χ1v) is 26.2. The molecule has 0 saturated heterocycles. The van der Waals surface area contributed by atoms with Crippen molar-refractivity contribution in [1.29, 1.82) is 0 Å². The van der Waals surface area contributed by atoms with E-state index in [1.807, 2.05) is 0 Å². The zero-order valence-corrected chi connectivity index (χ0v) is 41.8. The fourth-order valence-corrected chi connectivity index (χ4v) is 11.7. The van der Waals surface area contributed by atoms with E-state index in [1.165, 1.54) is 71.3 Å². The minimum Gasteiger partial charge on any atom is -0.309 e. The largest absolute Gasteiger partial charge is 0.309 e. The fourth-order valence-electron chi connectivity index (χ4n) is 11.7. The lowest BCUT2D eigenvalue weighted by molar-refractivity contribution is 1.10. The lowest BCUT2D eigenvalue weighted by Gasteiger charge is -2.23. The van der Waals surface area contributed by atoms with Gasteiger partial charge in [-0.05, 0) is 166 Å². The van der Waals surface area contributed by atoms with Crippen LogP contribution in [-0.2, 0) is 0 Å². The van der Waals surface area contributed by atoms with Crippen molar-refractivity contribution in [2.24, 2.45) is 0 Å². The number of fused-ring (bicyclic) bond motifs is 3. The highest BCUT2D eigenvalue weighted by molar-refractivity contribution is 6.24. The van der Waals surface area contributed by atoms with Crippen molar-refractivity contribution in [1.82, 2.24) is 9.13 Å². The van der Waals surface area contributed by atoms with Crippen molar-refractivity contribution >= 4 is 32.3 Å². The van der Waals surface area contributed by atoms with Gasteiger partial charge in [0, 0.05) is 11.4 Å². The summed E-state index contributed by atoms with van der Waals surface area (Å²) in [4.78, 5) is 0. The second-order valence-corrected chi connectivity index (χ2v) is 19.6. The second-order valence-electron chi connectivity index (χ2n) is 19.6. The van der Waals surface area contributed by atoms with E-state index < -0.39 is 0 Å². The van der Waals surface area contributed by atoms with E-state index in [9.17, 15) is 0 Å². The van der Waals surface area contributed by atoms with Crippen LogP contribution in [0.5, 0.6) is 0 Å². The van der Waals surface area contributed by atoms with Crippen molar-refractivity contribution in [3.05, 3.63) is 303 Å². The van der Waals surface area contributed by atoms with Crippen molar-refractivity contribution in [3.8, 4) is 101 Å². The molecule has 0 N–H and O–H groups in total. The van der Waals surface area contributed by atoms with E-state index >= 15 is 0 Å². The minimum atomic E-state index is 1.09. The fraction of sp³-hybridized carbons (Fsp3) is 0. The topological polar surface area (TPSA) is 9.86 Å². The zero-order valence-electron chi connectivity index (χ0n) is 41.8. The van der Waals surface area contributed by atoms with E-state index in [2.05, 4.69) is 312 Å². The number of hydrogen-bond acceptors (Lipinski definition) is 0. The van der Waals surface area contributed by atoms with Gasteiger partial charge in [-0.25, -0.2) is 0 Å². The first kappa shape index (κ1) is 44.7. The third kappa shape index (κ3) is 7.92. The summed E-state index contributed by atoms with van der Waals surface area (Å²) in [6, 6.07) is 111. The molecule has 14 rings (SSSR count). The lowest BCUT2D eigenvalue weighted by atomic mass is 9.83. The molecule has 0 fully saturated rings. The van der Waals surface area contributed by atoms with Crippen LogP contribution in [0.25, 0.3) is 133 Å². The van der Waals surface area contributed by atoms with Crippen molar-refractivity contribution in [2.45, 2.75) is 0 Å². The molecule has 0 aliphatic carbocycles. The van der Waals surface area contributed by atoms with Gasteiger partial charge >= 0.3 is 0 Å². The molecule has 2 nitrogen and oxygen atoms in total.